The van der Waals surface area contributed by atoms with Gasteiger partial charge in [0.2, 0.25) is 0 Å². The molecule has 88 valence electrons. The van der Waals surface area contributed by atoms with Crippen molar-refractivity contribution in [1.29, 1.82) is 0 Å². The highest BCUT2D eigenvalue weighted by Crippen LogP contribution is 2.10. The van der Waals surface area contributed by atoms with Crippen LogP contribution in [0.15, 0.2) is 36.4 Å². The highest BCUT2D eigenvalue weighted by Gasteiger charge is 1.98. The predicted molar refractivity (Wildman–Crippen MR) is 69.5 cm³/mol. The lowest BCUT2D eigenvalue weighted by Gasteiger charge is -2.07. The third-order valence-corrected chi connectivity index (χ3v) is 2.28. The second-order valence-electron chi connectivity index (χ2n) is 4.86. The monoisotopic (exact) mass is 218 g/mol. The van der Waals surface area contributed by atoms with Crippen molar-refractivity contribution in [2.75, 3.05) is 6.61 Å². The van der Waals surface area contributed by atoms with Crippen LogP contribution in [0.2, 0.25) is 0 Å². The molecule has 0 saturated carbocycles. The van der Waals surface area contributed by atoms with Gasteiger partial charge in [-0.15, -0.1) is 0 Å². The van der Waals surface area contributed by atoms with Crippen molar-refractivity contribution in [3.05, 3.63) is 47.5 Å². The van der Waals surface area contributed by atoms with Crippen molar-refractivity contribution < 1.29 is 4.74 Å². The molecule has 0 saturated heterocycles. The van der Waals surface area contributed by atoms with Crippen LogP contribution in [0.25, 0.3) is 0 Å². The fourth-order valence-corrected chi connectivity index (χ4v) is 1.59. The molecule has 1 nitrogen and oxygen atoms in total. The first-order valence-corrected chi connectivity index (χ1v) is 5.88. The Morgan fingerprint density at radius 1 is 1.19 bits per heavy atom. The predicted octanol–water partition coefficient (Wildman–Crippen LogP) is 3.98. The van der Waals surface area contributed by atoms with Crippen LogP contribution in [0.5, 0.6) is 0 Å². The molecule has 0 aliphatic heterocycles. The van der Waals surface area contributed by atoms with E-state index in [0.717, 1.165) is 12.0 Å². The van der Waals surface area contributed by atoms with E-state index >= 15 is 0 Å². The van der Waals surface area contributed by atoms with Crippen molar-refractivity contribution in [2.45, 2.75) is 33.8 Å². The molecule has 0 atom stereocenters. The van der Waals surface area contributed by atoms with E-state index in [0.29, 0.717) is 19.1 Å². The number of ether oxygens (including phenoxy) is 1. The van der Waals surface area contributed by atoms with Crippen molar-refractivity contribution in [1.82, 2.24) is 0 Å². The summed E-state index contributed by atoms with van der Waals surface area (Å²) in [6, 6.07) is 8.69. The summed E-state index contributed by atoms with van der Waals surface area (Å²) in [6.07, 6.45) is 1.15. The molecule has 0 N–H and O–H groups in total. The zero-order chi connectivity index (χ0) is 12.0. The van der Waals surface area contributed by atoms with Gasteiger partial charge >= 0.3 is 0 Å². The van der Waals surface area contributed by atoms with Crippen LogP contribution in [-0.4, -0.2) is 6.61 Å². The van der Waals surface area contributed by atoms with E-state index in [2.05, 4.69) is 44.7 Å². The summed E-state index contributed by atoms with van der Waals surface area (Å²) in [5.74, 6) is 0.713. The van der Waals surface area contributed by atoms with E-state index in [4.69, 9.17) is 4.74 Å². The first kappa shape index (κ1) is 13.0. The Hall–Kier alpha value is -1.08. The Morgan fingerprint density at radius 2 is 1.75 bits per heavy atom. The van der Waals surface area contributed by atoms with E-state index in [9.17, 15) is 0 Å². The van der Waals surface area contributed by atoms with Crippen LogP contribution in [0.3, 0.4) is 0 Å². The maximum Gasteiger partial charge on any atom is 0.0721 e. The summed E-state index contributed by atoms with van der Waals surface area (Å²) < 4.78 is 5.50. The molecule has 0 spiro atoms. The Bertz CT molecular complexity index is 322. The molecular formula is C15H22O. The SMILES string of the molecule is C=C(C)COCc1ccc(CC(C)C)cc1. The van der Waals surface area contributed by atoms with Crippen molar-refractivity contribution >= 4 is 0 Å². The van der Waals surface area contributed by atoms with Gasteiger partial charge in [0.15, 0.2) is 0 Å². The smallest absolute Gasteiger partial charge is 0.0721 e. The van der Waals surface area contributed by atoms with E-state index in [1.54, 1.807) is 0 Å². The Kier molecular flexibility index (Phi) is 5.27. The van der Waals surface area contributed by atoms with Gasteiger partial charge in [0.25, 0.3) is 0 Å². The normalized spacial score (nSPS) is 10.8. The summed E-state index contributed by atoms with van der Waals surface area (Å²) in [7, 11) is 0. The zero-order valence-electron chi connectivity index (χ0n) is 10.6. The molecule has 0 amide bonds. The van der Waals surface area contributed by atoms with Crippen LogP contribution >= 0.6 is 0 Å². The van der Waals surface area contributed by atoms with Crippen LogP contribution < -0.4 is 0 Å². The molecule has 0 aliphatic rings. The minimum Gasteiger partial charge on any atom is -0.372 e. The fraction of sp³-hybridized carbons (Fsp3) is 0.467. The molecule has 0 radical (unpaired) electrons. The first-order valence-electron chi connectivity index (χ1n) is 5.88. The summed E-state index contributed by atoms with van der Waals surface area (Å²) in [5, 5.41) is 0. The summed E-state index contributed by atoms with van der Waals surface area (Å²) in [4.78, 5) is 0. The van der Waals surface area contributed by atoms with Crippen molar-refractivity contribution in [3.63, 3.8) is 0 Å². The van der Waals surface area contributed by atoms with Gasteiger partial charge in [-0.3, -0.25) is 0 Å². The lowest BCUT2D eigenvalue weighted by molar-refractivity contribution is 0.143. The molecule has 1 rings (SSSR count). The van der Waals surface area contributed by atoms with Gasteiger partial charge in [-0.1, -0.05) is 50.3 Å². The molecular weight excluding hydrogens is 196 g/mol. The van der Waals surface area contributed by atoms with E-state index in [-0.39, 0.29) is 0 Å². The first-order chi connectivity index (χ1) is 7.58. The molecule has 0 unspecified atom stereocenters. The second kappa shape index (κ2) is 6.49. The third kappa shape index (κ3) is 5.13. The minimum atomic E-state index is 0.647. The Labute approximate surface area is 99.1 Å². The fourth-order valence-electron chi connectivity index (χ4n) is 1.59. The van der Waals surface area contributed by atoms with E-state index in [1.165, 1.54) is 11.1 Å². The molecule has 1 aromatic carbocycles. The summed E-state index contributed by atoms with van der Waals surface area (Å²) in [6.45, 7) is 11.6. The Morgan fingerprint density at radius 3 is 2.25 bits per heavy atom. The standard InChI is InChI=1S/C15H22O/c1-12(2)9-14-5-7-15(8-6-14)11-16-10-13(3)4/h5-8,12H,3,9-11H2,1-2,4H3. The van der Waals surface area contributed by atoms with Crippen LogP contribution in [0.1, 0.15) is 31.9 Å². The number of rotatable bonds is 6. The lowest BCUT2D eigenvalue weighted by atomic mass is 10.0. The topological polar surface area (TPSA) is 9.23 Å². The van der Waals surface area contributed by atoms with Crippen molar-refractivity contribution in [2.24, 2.45) is 5.92 Å². The second-order valence-corrected chi connectivity index (χ2v) is 4.86. The lowest BCUT2D eigenvalue weighted by Crippen LogP contribution is -1.97. The average Bonchev–Trinajstić information content (AvgIpc) is 2.19. The van der Waals surface area contributed by atoms with E-state index in [1.807, 2.05) is 6.92 Å². The zero-order valence-corrected chi connectivity index (χ0v) is 10.6. The quantitative estimate of drug-likeness (QED) is 0.656. The minimum absolute atomic E-state index is 0.647. The molecule has 0 bridgehead atoms. The van der Waals surface area contributed by atoms with Gasteiger partial charge in [-0.25, -0.2) is 0 Å². The van der Waals surface area contributed by atoms with E-state index < -0.39 is 0 Å². The molecule has 0 heterocycles. The third-order valence-electron chi connectivity index (χ3n) is 2.28. The summed E-state index contributed by atoms with van der Waals surface area (Å²) in [5.41, 5.74) is 3.70. The van der Waals surface area contributed by atoms with Gasteiger partial charge in [-0.05, 0) is 30.4 Å². The van der Waals surface area contributed by atoms with Gasteiger partial charge in [0.05, 0.1) is 13.2 Å². The van der Waals surface area contributed by atoms with Gasteiger partial charge in [0, 0.05) is 0 Å². The molecule has 0 aliphatic carbocycles. The van der Waals surface area contributed by atoms with Crippen LogP contribution in [-0.2, 0) is 17.8 Å². The van der Waals surface area contributed by atoms with Gasteiger partial charge in [0.1, 0.15) is 0 Å². The van der Waals surface area contributed by atoms with Crippen LogP contribution in [0.4, 0.5) is 0 Å². The molecule has 0 aromatic heterocycles. The largest absolute Gasteiger partial charge is 0.372 e. The number of benzene rings is 1. The molecule has 16 heavy (non-hydrogen) atoms. The number of hydrogen-bond donors (Lipinski definition) is 0. The average molecular weight is 218 g/mol. The summed E-state index contributed by atoms with van der Waals surface area (Å²) >= 11 is 0. The molecule has 1 aromatic rings. The Balaban J connectivity index is 2.42. The highest BCUT2D eigenvalue weighted by atomic mass is 16.5. The van der Waals surface area contributed by atoms with Crippen LogP contribution in [0, 0.1) is 5.92 Å². The van der Waals surface area contributed by atoms with Crippen molar-refractivity contribution in [3.8, 4) is 0 Å². The maximum absolute atomic E-state index is 5.50. The molecule has 0 fully saturated rings. The van der Waals surface area contributed by atoms with Gasteiger partial charge in [-0.2, -0.15) is 0 Å². The molecule has 1 heteroatoms. The highest BCUT2D eigenvalue weighted by molar-refractivity contribution is 5.22. The van der Waals surface area contributed by atoms with Gasteiger partial charge < -0.3 is 4.74 Å². The maximum atomic E-state index is 5.50. The number of hydrogen-bond acceptors (Lipinski definition) is 1.